The fourth-order valence-electron chi connectivity index (χ4n) is 3.43. The lowest BCUT2D eigenvalue weighted by molar-refractivity contribution is -0.140. The van der Waals surface area contributed by atoms with Crippen LogP contribution in [0, 0.1) is 5.41 Å². The summed E-state index contributed by atoms with van der Waals surface area (Å²) in [7, 11) is 0. The first-order valence-corrected chi connectivity index (χ1v) is 9.99. The van der Waals surface area contributed by atoms with Crippen molar-refractivity contribution in [2.24, 2.45) is 5.41 Å². The molecule has 0 bridgehead atoms. The van der Waals surface area contributed by atoms with Crippen LogP contribution >= 0.6 is 11.6 Å². The van der Waals surface area contributed by atoms with Gasteiger partial charge in [-0.05, 0) is 35.2 Å². The zero-order valence-electron chi connectivity index (χ0n) is 16.9. The summed E-state index contributed by atoms with van der Waals surface area (Å²) in [5, 5.41) is 0.524. The van der Waals surface area contributed by atoms with Crippen molar-refractivity contribution < 1.29 is 14.4 Å². The molecular weight excluding hydrogens is 388 g/mol. The number of imide groups is 1. The number of amides is 3. The van der Waals surface area contributed by atoms with Crippen LogP contribution in [-0.2, 0) is 20.9 Å². The number of rotatable bonds is 5. The monoisotopic (exact) mass is 412 g/mol. The molecule has 6 heteroatoms. The SMILES string of the molecule is CC(C)(C)CC(=O)N(Cc1ccccc1)C1CC(=O)N(c2ccc(Cl)cc2)C1=O. The molecule has 3 rings (SSSR count). The summed E-state index contributed by atoms with van der Waals surface area (Å²) in [6.45, 7) is 6.22. The van der Waals surface area contributed by atoms with Gasteiger partial charge < -0.3 is 4.90 Å². The summed E-state index contributed by atoms with van der Waals surface area (Å²) in [6.07, 6.45) is 0.267. The Kier molecular flexibility index (Phi) is 6.08. The molecule has 29 heavy (non-hydrogen) atoms. The maximum absolute atomic E-state index is 13.2. The van der Waals surface area contributed by atoms with E-state index in [-0.39, 0.29) is 36.1 Å². The molecule has 1 unspecified atom stereocenters. The third kappa shape index (κ3) is 5.04. The first kappa shape index (κ1) is 21.1. The third-order valence-electron chi connectivity index (χ3n) is 4.78. The van der Waals surface area contributed by atoms with Crippen LogP contribution in [0.5, 0.6) is 0 Å². The molecule has 0 saturated carbocycles. The lowest BCUT2D eigenvalue weighted by atomic mass is 9.91. The van der Waals surface area contributed by atoms with E-state index in [1.165, 1.54) is 0 Å². The topological polar surface area (TPSA) is 57.7 Å². The van der Waals surface area contributed by atoms with Crippen molar-refractivity contribution in [3.63, 3.8) is 0 Å². The van der Waals surface area contributed by atoms with Crippen LogP contribution in [0.4, 0.5) is 5.69 Å². The highest BCUT2D eigenvalue weighted by molar-refractivity contribution is 6.30. The van der Waals surface area contributed by atoms with Crippen molar-refractivity contribution in [1.29, 1.82) is 0 Å². The largest absolute Gasteiger partial charge is 0.326 e. The number of halogens is 1. The van der Waals surface area contributed by atoms with Gasteiger partial charge in [0.15, 0.2) is 0 Å². The van der Waals surface area contributed by atoms with Gasteiger partial charge in [0.1, 0.15) is 6.04 Å². The second-order valence-corrected chi connectivity index (χ2v) is 8.94. The van der Waals surface area contributed by atoms with Crippen LogP contribution in [0.15, 0.2) is 54.6 Å². The molecule has 5 nitrogen and oxygen atoms in total. The Bertz CT molecular complexity index is 904. The van der Waals surface area contributed by atoms with E-state index in [2.05, 4.69) is 0 Å². The maximum Gasteiger partial charge on any atom is 0.257 e. The highest BCUT2D eigenvalue weighted by atomic mass is 35.5. The molecule has 2 aromatic rings. The minimum atomic E-state index is -0.812. The smallest absolute Gasteiger partial charge is 0.257 e. The van der Waals surface area contributed by atoms with Gasteiger partial charge in [0.2, 0.25) is 11.8 Å². The fourth-order valence-corrected chi connectivity index (χ4v) is 3.55. The molecule has 1 aliphatic rings. The van der Waals surface area contributed by atoms with Crippen molar-refractivity contribution in [3.8, 4) is 0 Å². The lowest BCUT2D eigenvalue weighted by Gasteiger charge is -2.30. The molecule has 0 aliphatic carbocycles. The number of carbonyl (C=O) groups excluding carboxylic acids is 3. The molecule has 1 fully saturated rings. The highest BCUT2D eigenvalue weighted by Gasteiger charge is 2.44. The lowest BCUT2D eigenvalue weighted by Crippen LogP contribution is -2.46. The van der Waals surface area contributed by atoms with Crippen LogP contribution in [0.3, 0.4) is 0 Å². The number of benzene rings is 2. The molecule has 0 radical (unpaired) electrons. The molecule has 3 amide bonds. The van der Waals surface area contributed by atoms with Gasteiger partial charge in [-0.3, -0.25) is 14.4 Å². The minimum absolute atomic E-state index is 0.0236. The minimum Gasteiger partial charge on any atom is -0.326 e. The standard InChI is InChI=1S/C23H25ClN2O3/c1-23(2,3)14-21(28)25(15-16-7-5-4-6-8-16)19-13-20(27)26(22(19)29)18-11-9-17(24)10-12-18/h4-12,19H,13-15H2,1-3H3. The molecule has 152 valence electrons. The Morgan fingerprint density at radius 2 is 1.69 bits per heavy atom. The van der Waals surface area contributed by atoms with E-state index < -0.39 is 6.04 Å². The van der Waals surface area contributed by atoms with Gasteiger partial charge in [-0.25, -0.2) is 4.90 Å². The Morgan fingerprint density at radius 3 is 2.28 bits per heavy atom. The summed E-state index contributed by atoms with van der Waals surface area (Å²) >= 11 is 5.92. The number of hydrogen-bond donors (Lipinski definition) is 0. The molecule has 1 atom stereocenters. The number of anilines is 1. The van der Waals surface area contributed by atoms with E-state index in [4.69, 9.17) is 11.6 Å². The van der Waals surface area contributed by atoms with E-state index in [1.54, 1.807) is 29.2 Å². The Balaban J connectivity index is 1.90. The first-order chi connectivity index (χ1) is 13.7. The van der Waals surface area contributed by atoms with Crippen LogP contribution in [0.25, 0.3) is 0 Å². The van der Waals surface area contributed by atoms with Gasteiger partial charge in [0.25, 0.3) is 5.91 Å². The summed E-state index contributed by atoms with van der Waals surface area (Å²) in [5.41, 5.74) is 1.16. The predicted octanol–water partition coefficient (Wildman–Crippen LogP) is 4.44. The molecule has 2 aromatic carbocycles. The Hall–Kier alpha value is -2.66. The second-order valence-electron chi connectivity index (χ2n) is 8.51. The summed E-state index contributed by atoms with van der Waals surface area (Å²) in [6, 6.07) is 15.2. The number of hydrogen-bond acceptors (Lipinski definition) is 3. The Labute approximate surface area is 176 Å². The molecule has 0 aromatic heterocycles. The molecular formula is C23H25ClN2O3. The van der Waals surface area contributed by atoms with E-state index in [1.807, 2.05) is 51.1 Å². The van der Waals surface area contributed by atoms with Gasteiger partial charge in [-0.1, -0.05) is 62.7 Å². The third-order valence-corrected chi connectivity index (χ3v) is 5.03. The van der Waals surface area contributed by atoms with Crippen LogP contribution in [0.2, 0.25) is 5.02 Å². The summed E-state index contributed by atoms with van der Waals surface area (Å²) in [5.74, 6) is -0.829. The highest BCUT2D eigenvalue weighted by Crippen LogP contribution is 2.29. The molecule has 1 aliphatic heterocycles. The van der Waals surface area contributed by atoms with E-state index >= 15 is 0 Å². The van der Waals surface area contributed by atoms with Crippen molar-refractivity contribution in [2.75, 3.05) is 4.90 Å². The van der Waals surface area contributed by atoms with Crippen molar-refractivity contribution >= 4 is 35.0 Å². The van der Waals surface area contributed by atoms with E-state index in [9.17, 15) is 14.4 Å². The van der Waals surface area contributed by atoms with Crippen LogP contribution in [0.1, 0.15) is 39.2 Å². The molecule has 0 spiro atoms. The Morgan fingerprint density at radius 1 is 1.07 bits per heavy atom. The number of carbonyl (C=O) groups is 3. The van der Waals surface area contributed by atoms with Crippen molar-refractivity contribution in [3.05, 3.63) is 65.2 Å². The zero-order valence-corrected chi connectivity index (χ0v) is 17.6. The van der Waals surface area contributed by atoms with Gasteiger partial charge in [-0.15, -0.1) is 0 Å². The normalized spacial score (nSPS) is 17.0. The maximum atomic E-state index is 13.2. The summed E-state index contributed by atoms with van der Waals surface area (Å²) < 4.78 is 0. The van der Waals surface area contributed by atoms with E-state index in [0.717, 1.165) is 10.5 Å². The van der Waals surface area contributed by atoms with Crippen molar-refractivity contribution in [1.82, 2.24) is 4.90 Å². The number of nitrogens with zero attached hydrogens (tertiary/aromatic N) is 2. The van der Waals surface area contributed by atoms with Crippen molar-refractivity contribution in [2.45, 2.75) is 46.2 Å². The second kappa shape index (κ2) is 8.37. The summed E-state index contributed by atoms with van der Waals surface area (Å²) in [4.78, 5) is 41.7. The van der Waals surface area contributed by atoms with Gasteiger partial charge in [0, 0.05) is 18.0 Å². The van der Waals surface area contributed by atoms with Crippen LogP contribution in [-0.4, -0.2) is 28.7 Å². The van der Waals surface area contributed by atoms with Gasteiger partial charge in [0.05, 0.1) is 12.1 Å². The average Bonchev–Trinajstić information content (AvgIpc) is 2.94. The van der Waals surface area contributed by atoms with Crippen LogP contribution < -0.4 is 4.90 Å². The zero-order chi connectivity index (χ0) is 21.2. The molecule has 0 N–H and O–H groups in total. The average molecular weight is 413 g/mol. The van der Waals surface area contributed by atoms with Gasteiger partial charge >= 0.3 is 0 Å². The quantitative estimate of drug-likeness (QED) is 0.682. The molecule has 1 heterocycles. The molecule has 1 saturated heterocycles. The van der Waals surface area contributed by atoms with E-state index in [0.29, 0.717) is 17.1 Å². The predicted molar refractivity (Wildman–Crippen MR) is 113 cm³/mol. The fraction of sp³-hybridized carbons (Fsp3) is 0.348. The first-order valence-electron chi connectivity index (χ1n) is 9.61. The van der Waals surface area contributed by atoms with Gasteiger partial charge in [-0.2, -0.15) is 0 Å².